The summed E-state index contributed by atoms with van der Waals surface area (Å²) in [4.78, 5) is 24.5. The molecule has 0 aromatic heterocycles. The first-order valence-corrected chi connectivity index (χ1v) is 6.46. The molecule has 1 rings (SSSR count). The fraction of sp³-hybridized carbons (Fsp3) is 0.429. The van der Waals surface area contributed by atoms with E-state index in [2.05, 4.69) is 4.74 Å². The number of methoxy groups -OCH3 is 1. The third-order valence-corrected chi connectivity index (χ3v) is 3.01. The highest BCUT2D eigenvalue weighted by atomic mass is 35.5. The van der Waals surface area contributed by atoms with Crippen molar-refractivity contribution in [2.45, 2.75) is 19.3 Å². The van der Waals surface area contributed by atoms with Crippen molar-refractivity contribution in [2.24, 2.45) is 0 Å². The molecule has 1 amide bonds. The molecule has 0 bridgehead atoms. The van der Waals surface area contributed by atoms with Crippen molar-refractivity contribution in [1.29, 1.82) is 0 Å². The Morgan fingerprint density at radius 3 is 2.74 bits per heavy atom. The maximum Gasteiger partial charge on any atom is 0.305 e. The van der Waals surface area contributed by atoms with Crippen LogP contribution < -0.4 is 0 Å². The van der Waals surface area contributed by atoms with Crippen LogP contribution in [-0.2, 0) is 20.7 Å². The molecule has 104 valence electrons. The van der Waals surface area contributed by atoms with Crippen LogP contribution in [0.15, 0.2) is 24.3 Å². The number of likely N-dealkylation sites (N-methyl/N-ethyl adjacent to an activating group) is 1. The van der Waals surface area contributed by atoms with E-state index >= 15 is 0 Å². The van der Waals surface area contributed by atoms with Gasteiger partial charge in [-0.1, -0.05) is 23.7 Å². The molecule has 0 N–H and O–H groups in total. The lowest BCUT2D eigenvalue weighted by atomic mass is 10.1. The number of carbonyl (C=O) groups excluding carboxylic acids is 2. The van der Waals surface area contributed by atoms with E-state index in [1.807, 2.05) is 12.1 Å². The maximum atomic E-state index is 11.9. The summed E-state index contributed by atoms with van der Waals surface area (Å²) in [5, 5.41) is 0.624. The van der Waals surface area contributed by atoms with E-state index in [0.29, 0.717) is 30.8 Å². The average molecular weight is 284 g/mol. The summed E-state index contributed by atoms with van der Waals surface area (Å²) in [7, 11) is 3.08. The van der Waals surface area contributed by atoms with Gasteiger partial charge in [0.1, 0.15) is 0 Å². The summed E-state index contributed by atoms with van der Waals surface area (Å²) in [6.07, 6.45) is 1.24. The average Bonchev–Trinajstić information content (AvgIpc) is 2.38. The third kappa shape index (κ3) is 5.75. The van der Waals surface area contributed by atoms with Crippen LogP contribution in [0.4, 0.5) is 0 Å². The SMILES string of the molecule is COC(=O)CCCN(C)C(=O)Cc1cccc(Cl)c1. The molecule has 0 radical (unpaired) electrons. The normalized spacial score (nSPS) is 10.1. The number of ether oxygens (including phenoxy) is 1. The number of rotatable bonds is 6. The third-order valence-electron chi connectivity index (χ3n) is 2.77. The van der Waals surface area contributed by atoms with Crippen LogP contribution in [0.3, 0.4) is 0 Å². The van der Waals surface area contributed by atoms with Crippen LogP contribution in [0.2, 0.25) is 5.02 Å². The van der Waals surface area contributed by atoms with Crippen molar-refractivity contribution in [2.75, 3.05) is 20.7 Å². The Hall–Kier alpha value is -1.55. The van der Waals surface area contributed by atoms with Gasteiger partial charge in [0.2, 0.25) is 5.91 Å². The van der Waals surface area contributed by atoms with Gasteiger partial charge >= 0.3 is 5.97 Å². The number of nitrogens with zero attached hydrogens (tertiary/aromatic N) is 1. The van der Waals surface area contributed by atoms with Crippen molar-refractivity contribution < 1.29 is 14.3 Å². The van der Waals surface area contributed by atoms with Crippen molar-refractivity contribution in [3.63, 3.8) is 0 Å². The Balaban J connectivity index is 2.38. The van der Waals surface area contributed by atoms with Gasteiger partial charge in [0.05, 0.1) is 13.5 Å². The summed E-state index contributed by atoms with van der Waals surface area (Å²) < 4.78 is 4.54. The maximum absolute atomic E-state index is 11.9. The van der Waals surface area contributed by atoms with Gasteiger partial charge < -0.3 is 9.64 Å². The van der Waals surface area contributed by atoms with E-state index in [1.54, 1.807) is 24.1 Å². The molecule has 0 saturated heterocycles. The van der Waals surface area contributed by atoms with Crippen LogP contribution in [0.5, 0.6) is 0 Å². The lowest BCUT2D eigenvalue weighted by molar-refractivity contribution is -0.141. The highest BCUT2D eigenvalue weighted by molar-refractivity contribution is 6.30. The molecule has 0 aliphatic heterocycles. The van der Waals surface area contributed by atoms with Gasteiger partial charge in [-0.25, -0.2) is 0 Å². The smallest absolute Gasteiger partial charge is 0.305 e. The summed E-state index contributed by atoms with van der Waals surface area (Å²) >= 11 is 5.87. The molecule has 5 heteroatoms. The van der Waals surface area contributed by atoms with E-state index in [1.165, 1.54) is 7.11 Å². The largest absolute Gasteiger partial charge is 0.469 e. The Kier molecular flexibility index (Phi) is 6.36. The predicted octanol–water partition coefficient (Wildman–Crippen LogP) is 2.29. The summed E-state index contributed by atoms with van der Waals surface area (Å²) in [6.45, 7) is 0.536. The van der Waals surface area contributed by atoms with Crippen LogP contribution in [-0.4, -0.2) is 37.5 Å². The van der Waals surface area contributed by atoms with Gasteiger partial charge in [0.25, 0.3) is 0 Å². The monoisotopic (exact) mass is 283 g/mol. The Morgan fingerprint density at radius 2 is 2.11 bits per heavy atom. The molecular formula is C14H18ClNO3. The summed E-state index contributed by atoms with van der Waals surface area (Å²) in [5.74, 6) is -0.247. The summed E-state index contributed by atoms with van der Waals surface area (Å²) in [5.41, 5.74) is 0.886. The van der Waals surface area contributed by atoms with Gasteiger partial charge in [-0.15, -0.1) is 0 Å². The van der Waals surface area contributed by atoms with Crippen molar-refractivity contribution in [1.82, 2.24) is 4.90 Å². The quantitative estimate of drug-likeness (QED) is 0.753. The molecule has 0 spiro atoms. The van der Waals surface area contributed by atoms with Crippen LogP contribution in [0.25, 0.3) is 0 Å². The number of amides is 1. The Labute approximate surface area is 118 Å². The summed E-state index contributed by atoms with van der Waals surface area (Å²) in [6, 6.07) is 7.24. The number of benzene rings is 1. The first-order valence-electron chi connectivity index (χ1n) is 6.08. The number of carbonyl (C=O) groups is 2. The number of hydrogen-bond acceptors (Lipinski definition) is 3. The minimum Gasteiger partial charge on any atom is -0.469 e. The molecule has 19 heavy (non-hydrogen) atoms. The first-order chi connectivity index (χ1) is 9.02. The Morgan fingerprint density at radius 1 is 1.37 bits per heavy atom. The number of esters is 1. The zero-order valence-corrected chi connectivity index (χ0v) is 11.9. The van der Waals surface area contributed by atoms with E-state index < -0.39 is 0 Å². The lowest BCUT2D eigenvalue weighted by Gasteiger charge is -2.16. The highest BCUT2D eigenvalue weighted by Crippen LogP contribution is 2.11. The minimum absolute atomic E-state index is 0.00660. The molecular weight excluding hydrogens is 266 g/mol. The van der Waals surface area contributed by atoms with E-state index in [4.69, 9.17) is 11.6 Å². The van der Waals surface area contributed by atoms with Crippen molar-refractivity contribution in [3.8, 4) is 0 Å². The molecule has 1 aromatic carbocycles. The molecule has 0 unspecified atom stereocenters. The van der Waals surface area contributed by atoms with Crippen LogP contribution >= 0.6 is 11.6 Å². The predicted molar refractivity (Wildman–Crippen MR) is 74.0 cm³/mol. The molecule has 0 atom stereocenters. The number of hydrogen-bond donors (Lipinski definition) is 0. The minimum atomic E-state index is -0.254. The van der Waals surface area contributed by atoms with Gasteiger partial charge in [-0.3, -0.25) is 9.59 Å². The van der Waals surface area contributed by atoms with Gasteiger partial charge in [-0.05, 0) is 24.1 Å². The van der Waals surface area contributed by atoms with Crippen LogP contribution in [0, 0.1) is 0 Å². The molecule has 0 aliphatic rings. The standard InChI is InChI=1S/C14H18ClNO3/c1-16(8-4-7-14(18)19-2)13(17)10-11-5-3-6-12(15)9-11/h3,5-6,9H,4,7-8,10H2,1-2H3. The molecule has 0 heterocycles. The second kappa shape index (κ2) is 7.79. The second-order valence-electron chi connectivity index (χ2n) is 4.30. The lowest BCUT2D eigenvalue weighted by Crippen LogP contribution is -2.29. The Bertz CT molecular complexity index is 448. The van der Waals surface area contributed by atoms with Gasteiger partial charge in [0, 0.05) is 25.0 Å². The molecule has 0 aliphatic carbocycles. The molecule has 0 saturated carbocycles. The van der Waals surface area contributed by atoms with Crippen LogP contribution in [0.1, 0.15) is 18.4 Å². The highest BCUT2D eigenvalue weighted by Gasteiger charge is 2.10. The van der Waals surface area contributed by atoms with E-state index in [-0.39, 0.29) is 11.9 Å². The fourth-order valence-electron chi connectivity index (χ4n) is 1.64. The van der Waals surface area contributed by atoms with Gasteiger partial charge in [0.15, 0.2) is 0 Å². The zero-order valence-electron chi connectivity index (χ0n) is 11.2. The zero-order chi connectivity index (χ0) is 14.3. The molecule has 0 fully saturated rings. The molecule has 4 nitrogen and oxygen atoms in total. The first kappa shape index (κ1) is 15.5. The van der Waals surface area contributed by atoms with Gasteiger partial charge in [-0.2, -0.15) is 0 Å². The fourth-order valence-corrected chi connectivity index (χ4v) is 1.86. The van der Waals surface area contributed by atoms with E-state index in [0.717, 1.165) is 5.56 Å². The van der Waals surface area contributed by atoms with Crippen molar-refractivity contribution in [3.05, 3.63) is 34.9 Å². The molecule has 1 aromatic rings. The second-order valence-corrected chi connectivity index (χ2v) is 4.74. The number of halogens is 1. The topological polar surface area (TPSA) is 46.6 Å². The van der Waals surface area contributed by atoms with Crippen molar-refractivity contribution >= 4 is 23.5 Å². The van der Waals surface area contributed by atoms with E-state index in [9.17, 15) is 9.59 Å².